The average Bonchev–Trinajstić information content (AvgIpc) is 2.92. The number of aryl methyl sites for hydroxylation is 1. The smallest absolute Gasteiger partial charge is 0.264 e. The largest absolute Gasteiger partial charge is 0.494 e. The molecule has 0 radical (unpaired) electrons. The molecule has 0 aliphatic heterocycles. The fourth-order valence-electron chi connectivity index (χ4n) is 4.39. The zero-order valence-electron chi connectivity index (χ0n) is 24.8. The molecule has 0 aliphatic rings. The van der Waals surface area contributed by atoms with Crippen LogP contribution in [-0.4, -0.2) is 49.9 Å². The molecule has 3 rings (SSSR count). The van der Waals surface area contributed by atoms with E-state index < -0.39 is 34.1 Å². The molecule has 1 N–H and O–H groups in total. The first-order valence-electron chi connectivity index (χ1n) is 13.8. The van der Waals surface area contributed by atoms with Gasteiger partial charge in [0.2, 0.25) is 11.8 Å². The van der Waals surface area contributed by atoms with Crippen molar-refractivity contribution in [2.24, 2.45) is 0 Å². The molecule has 0 saturated heterocycles. The predicted molar refractivity (Wildman–Crippen MR) is 162 cm³/mol. The lowest BCUT2D eigenvalue weighted by Crippen LogP contribution is -2.55. The van der Waals surface area contributed by atoms with Crippen LogP contribution in [0.3, 0.4) is 0 Å². The highest BCUT2D eigenvalue weighted by molar-refractivity contribution is 7.92. The number of amides is 2. The molecular weight excluding hydrogens is 538 g/mol. The minimum Gasteiger partial charge on any atom is -0.494 e. The van der Waals surface area contributed by atoms with Crippen molar-refractivity contribution < 1.29 is 22.7 Å². The molecule has 0 aliphatic carbocycles. The third-order valence-corrected chi connectivity index (χ3v) is 8.19. The quantitative estimate of drug-likeness (QED) is 0.314. The van der Waals surface area contributed by atoms with Gasteiger partial charge in [-0.15, -0.1) is 0 Å². The van der Waals surface area contributed by atoms with Gasteiger partial charge in [0.1, 0.15) is 18.3 Å². The van der Waals surface area contributed by atoms with Crippen LogP contribution >= 0.6 is 0 Å². The Labute approximate surface area is 244 Å². The Balaban J connectivity index is 2.05. The number of carbonyl (C=O) groups is 2. The normalized spacial score (nSPS) is 12.3. The van der Waals surface area contributed by atoms with Gasteiger partial charge in [-0.25, -0.2) is 8.42 Å². The van der Waals surface area contributed by atoms with Crippen molar-refractivity contribution in [3.63, 3.8) is 0 Å². The summed E-state index contributed by atoms with van der Waals surface area (Å²) in [5, 5.41) is 2.98. The summed E-state index contributed by atoms with van der Waals surface area (Å²) in [6.07, 6.45) is 0.355. The van der Waals surface area contributed by atoms with Crippen molar-refractivity contribution >= 4 is 27.5 Å². The van der Waals surface area contributed by atoms with Crippen LogP contribution in [-0.2, 0) is 26.2 Å². The molecule has 8 nitrogen and oxygen atoms in total. The topological polar surface area (TPSA) is 96.0 Å². The Morgan fingerprint density at radius 1 is 0.902 bits per heavy atom. The van der Waals surface area contributed by atoms with Crippen LogP contribution in [0.15, 0.2) is 83.8 Å². The van der Waals surface area contributed by atoms with Crippen molar-refractivity contribution in [2.45, 2.75) is 71.0 Å². The third kappa shape index (κ3) is 8.57. The zero-order chi connectivity index (χ0) is 30.2. The molecule has 2 amide bonds. The SMILES string of the molecule is CCOc1ccc(N(CC(=O)N(Cc2ccc(C)cc2)[C@@H](CC)C(=O)NC(C)(C)C)S(=O)(=O)c2ccccc2)cc1. The number of hydrogen-bond donors (Lipinski definition) is 1. The van der Waals surface area contributed by atoms with E-state index >= 15 is 0 Å². The Morgan fingerprint density at radius 3 is 2.05 bits per heavy atom. The van der Waals surface area contributed by atoms with Gasteiger partial charge in [0.15, 0.2) is 0 Å². The van der Waals surface area contributed by atoms with Gasteiger partial charge in [-0.05, 0) is 83.0 Å². The number of hydrogen-bond acceptors (Lipinski definition) is 5. The molecular formula is C32H41N3O5S. The zero-order valence-corrected chi connectivity index (χ0v) is 25.6. The van der Waals surface area contributed by atoms with Gasteiger partial charge < -0.3 is 15.0 Å². The summed E-state index contributed by atoms with van der Waals surface area (Å²) in [5.74, 6) is -0.195. The van der Waals surface area contributed by atoms with Gasteiger partial charge in [-0.2, -0.15) is 0 Å². The second kappa shape index (κ2) is 13.7. The monoisotopic (exact) mass is 579 g/mol. The van der Waals surface area contributed by atoms with E-state index in [1.54, 1.807) is 42.5 Å². The van der Waals surface area contributed by atoms with Crippen LogP contribution in [0.4, 0.5) is 5.69 Å². The van der Waals surface area contributed by atoms with E-state index in [1.807, 2.05) is 65.8 Å². The van der Waals surface area contributed by atoms with E-state index in [9.17, 15) is 18.0 Å². The molecule has 0 saturated carbocycles. The summed E-state index contributed by atoms with van der Waals surface area (Å²) in [4.78, 5) is 29.1. The fraction of sp³-hybridized carbons (Fsp3) is 0.375. The van der Waals surface area contributed by atoms with Crippen LogP contribution in [0.1, 0.15) is 52.2 Å². The number of anilines is 1. The standard InChI is InChI=1S/C32H41N3O5S/c1-7-29(31(37)33-32(4,5)6)34(22-25-16-14-24(3)15-17-25)30(36)23-35(26-18-20-27(21-19-26)40-8-2)41(38,39)28-12-10-9-11-13-28/h9-21,29H,7-8,22-23H2,1-6H3,(H,33,37)/t29-/m0/s1. The number of nitrogens with zero attached hydrogens (tertiary/aromatic N) is 2. The molecule has 0 aromatic heterocycles. The summed E-state index contributed by atoms with van der Waals surface area (Å²) in [6.45, 7) is 11.4. The summed E-state index contributed by atoms with van der Waals surface area (Å²) in [6, 6.07) is 21.5. The van der Waals surface area contributed by atoms with Crippen molar-refractivity contribution in [2.75, 3.05) is 17.5 Å². The highest BCUT2D eigenvalue weighted by Crippen LogP contribution is 2.27. The molecule has 1 atom stereocenters. The highest BCUT2D eigenvalue weighted by Gasteiger charge is 2.34. The van der Waals surface area contributed by atoms with Crippen molar-refractivity contribution in [1.29, 1.82) is 0 Å². The number of rotatable bonds is 12. The molecule has 9 heteroatoms. The van der Waals surface area contributed by atoms with E-state index in [4.69, 9.17) is 4.74 Å². The minimum atomic E-state index is -4.12. The third-order valence-electron chi connectivity index (χ3n) is 6.40. The van der Waals surface area contributed by atoms with E-state index in [0.29, 0.717) is 24.5 Å². The van der Waals surface area contributed by atoms with Crippen LogP contribution in [0, 0.1) is 6.92 Å². The Morgan fingerprint density at radius 2 is 1.51 bits per heavy atom. The van der Waals surface area contributed by atoms with Gasteiger partial charge >= 0.3 is 0 Å². The maximum absolute atomic E-state index is 14.1. The molecule has 3 aromatic carbocycles. The first-order chi connectivity index (χ1) is 19.4. The summed E-state index contributed by atoms with van der Waals surface area (Å²) >= 11 is 0. The fourth-order valence-corrected chi connectivity index (χ4v) is 5.82. The van der Waals surface area contributed by atoms with Crippen LogP contribution in [0.2, 0.25) is 0 Å². The molecule has 0 fully saturated rings. The van der Waals surface area contributed by atoms with E-state index in [1.165, 1.54) is 17.0 Å². The Kier molecular flexibility index (Phi) is 10.6. The highest BCUT2D eigenvalue weighted by atomic mass is 32.2. The van der Waals surface area contributed by atoms with Gasteiger partial charge in [0.05, 0.1) is 17.2 Å². The van der Waals surface area contributed by atoms with Gasteiger partial charge in [0, 0.05) is 12.1 Å². The average molecular weight is 580 g/mol. The predicted octanol–water partition coefficient (Wildman–Crippen LogP) is 5.31. The van der Waals surface area contributed by atoms with E-state index in [0.717, 1.165) is 15.4 Å². The first-order valence-corrected chi connectivity index (χ1v) is 15.3. The van der Waals surface area contributed by atoms with E-state index in [2.05, 4.69) is 5.32 Å². The van der Waals surface area contributed by atoms with E-state index in [-0.39, 0.29) is 17.3 Å². The summed E-state index contributed by atoms with van der Waals surface area (Å²) < 4.78 is 34.4. The summed E-state index contributed by atoms with van der Waals surface area (Å²) in [5.41, 5.74) is 1.71. The second-order valence-corrected chi connectivity index (χ2v) is 12.8. The number of carbonyl (C=O) groups excluding carboxylic acids is 2. The second-order valence-electron chi connectivity index (χ2n) is 10.9. The van der Waals surface area contributed by atoms with Gasteiger partial charge in [0.25, 0.3) is 10.0 Å². The molecule has 3 aromatic rings. The molecule has 0 bridgehead atoms. The van der Waals surface area contributed by atoms with Crippen molar-refractivity contribution in [1.82, 2.24) is 10.2 Å². The van der Waals surface area contributed by atoms with Crippen molar-refractivity contribution in [3.8, 4) is 5.75 Å². The number of benzene rings is 3. The lowest BCUT2D eigenvalue weighted by atomic mass is 10.1. The minimum absolute atomic E-state index is 0.0595. The first kappa shape index (κ1) is 31.7. The van der Waals surface area contributed by atoms with Gasteiger partial charge in [-0.3, -0.25) is 13.9 Å². The molecule has 220 valence electrons. The lowest BCUT2D eigenvalue weighted by Gasteiger charge is -2.34. The molecule has 41 heavy (non-hydrogen) atoms. The number of nitrogens with one attached hydrogen (secondary N) is 1. The maximum atomic E-state index is 14.1. The Bertz CT molecular complexity index is 1400. The summed E-state index contributed by atoms with van der Waals surface area (Å²) in [7, 11) is -4.12. The molecule has 0 unspecified atom stereocenters. The number of ether oxygens (including phenoxy) is 1. The Hall–Kier alpha value is -3.85. The van der Waals surface area contributed by atoms with Gasteiger partial charge in [-0.1, -0.05) is 55.0 Å². The van der Waals surface area contributed by atoms with Crippen LogP contribution in [0.25, 0.3) is 0 Å². The lowest BCUT2D eigenvalue weighted by molar-refractivity contribution is -0.141. The van der Waals surface area contributed by atoms with Crippen LogP contribution in [0.5, 0.6) is 5.75 Å². The molecule has 0 heterocycles. The number of sulfonamides is 1. The van der Waals surface area contributed by atoms with Crippen LogP contribution < -0.4 is 14.4 Å². The molecule has 0 spiro atoms. The van der Waals surface area contributed by atoms with Crippen molar-refractivity contribution in [3.05, 3.63) is 90.0 Å². The maximum Gasteiger partial charge on any atom is 0.264 e.